The van der Waals surface area contributed by atoms with E-state index in [0.29, 0.717) is 18.5 Å². The number of hydrogen-bond acceptors (Lipinski definition) is 5. The Labute approximate surface area is 271 Å². The van der Waals surface area contributed by atoms with Crippen molar-refractivity contribution in [3.63, 3.8) is 0 Å². The molecule has 0 aliphatic carbocycles. The third-order valence-electron chi connectivity index (χ3n) is 8.30. The van der Waals surface area contributed by atoms with Gasteiger partial charge in [-0.2, -0.15) is 0 Å². The molecule has 1 aliphatic rings. The van der Waals surface area contributed by atoms with Gasteiger partial charge in [0.05, 0.1) is 44.8 Å². The Morgan fingerprint density at radius 1 is 0.933 bits per heavy atom. The van der Waals surface area contributed by atoms with E-state index in [1.54, 1.807) is 0 Å². The third kappa shape index (κ3) is 12.2. The third-order valence-corrected chi connectivity index (χ3v) is 8.30. The van der Waals surface area contributed by atoms with E-state index < -0.39 is 24.2 Å². The first-order chi connectivity index (χ1) is 21.5. The lowest BCUT2D eigenvalue weighted by atomic mass is 10.2. The monoisotopic (exact) mass is 631 g/mol. The number of carbonyl (C=O) groups excluding carboxylic acids is 2. The molecule has 1 aliphatic heterocycles. The maximum atomic E-state index is 12.8. The molecule has 1 aromatic carbocycles. The average molecular weight is 632 g/mol. The van der Waals surface area contributed by atoms with Crippen LogP contribution >= 0.6 is 0 Å². The van der Waals surface area contributed by atoms with Gasteiger partial charge in [-0.3, -0.25) is 24.1 Å². The highest BCUT2D eigenvalue weighted by atomic mass is 16.6. The maximum Gasteiger partial charge on any atom is 0.410 e. The first-order valence-corrected chi connectivity index (χ1v) is 17.1. The molecule has 0 aromatic heterocycles. The normalized spacial score (nSPS) is 17.0. The van der Waals surface area contributed by atoms with Crippen LogP contribution in [0.15, 0.2) is 30.3 Å². The van der Waals surface area contributed by atoms with E-state index in [9.17, 15) is 19.5 Å². The van der Waals surface area contributed by atoms with E-state index in [1.165, 1.54) is 25.2 Å². The topological polar surface area (TPSA) is 103 Å². The number of unbranched alkanes of at least 4 members (excludes halogenated alkanes) is 4. The minimum absolute atomic E-state index is 0.00426. The summed E-state index contributed by atoms with van der Waals surface area (Å²) >= 11 is 0. The number of rotatable bonds is 18. The van der Waals surface area contributed by atoms with E-state index in [1.807, 2.05) is 30.3 Å². The van der Waals surface area contributed by atoms with Gasteiger partial charge in [0, 0.05) is 12.8 Å². The van der Waals surface area contributed by atoms with Crippen LogP contribution in [0.2, 0.25) is 0 Å². The van der Waals surface area contributed by atoms with Crippen LogP contribution in [-0.2, 0) is 25.7 Å². The van der Waals surface area contributed by atoms with Crippen molar-refractivity contribution < 1.29 is 33.5 Å². The van der Waals surface area contributed by atoms with Crippen LogP contribution in [-0.4, -0.2) is 105 Å². The van der Waals surface area contributed by atoms with Crippen molar-refractivity contribution in [2.24, 2.45) is 0 Å². The largest absolute Gasteiger partial charge is 0.480 e. The number of carbonyl (C=O) groups is 3. The fraction of sp³-hybridized carbons (Fsp3) is 0.714. The van der Waals surface area contributed by atoms with Gasteiger partial charge in [-0.15, -0.1) is 0 Å². The number of amides is 1. The Morgan fingerprint density at radius 2 is 1.56 bits per heavy atom. The number of carboxylic acids is 1. The average Bonchev–Trinajstić information content (AvgIpc) is 3.43. The lowest BCUT2D eigenvalue weighted by Gasteiger charge is -2.34. The second-order valence-corrected chi connectivity index (χ2v) is 12.5. The summed E-state index contributed by atoms with van der Waals surface area (Å²) < 4.78 is 13.5. The van der Waals surface area contributed by atoms with Crippen molar-refractivity contribution in [2.45, 2.75) is 131 Å². The number of benzene rings is 1. The van der Waals surface area contributed by atoms with Gasteiger partial charge in [0.2, 0.25) is 0 Å². The summed E-state index contributed by atoms with van der Waals surface area (Å²) in [5.41, 5.74) is 0.808. The first-order valence-electron chi connectivity index (χ1n) is 17.1. The molecule has 10 nitrogen and oxygen atoms in total. The Kier molecular flexibility index (Phi) is 16.8. The molecule has 2 rings (SSSR count). The van der Waals surface area contributed by atoms with Crippen LogP contribution in [0, 0.1) is 0 Å². The second-order valence-electron chi connectivity index (χ2n) is 12.5. The van der Waals surface area contributed by atoms with Gasteiger partial charge in [0.15, 0.2) is 0 Å². The molecule has 0 saturated carbocycles. The lowest BCUT2D eigenvalue weighted by Crippen LogP contribution is -2.55. The standard InChI is InChI=1S/C35H58N4O6/c1-8-11-12-17-22-37(34(36(9-2)10-3)39(27(4)5)28(6)7)23-18-16-21-32(40)45-30-24-31(33(41)42)38(25-30)35(43)44-26-29-19-14-13-15-20-29/h13-15,19-20,27-28,30-31H,8-12,16-18,21-26H2,1-7H3/p+1/t30-,31+/m1/s1. The van der Waals surface area contributed by atoms with Crippen LogP contribution < -0.4 is 0 Å². The summed E-state index contributed by atoms with van der Waals surface area (Å²) in [6.45, 7) is 19.3. The fourth-order valence-electron chi connectivity index (χ4n) is 6.07. The molecular formula is C35H59N4O6+. The fourth-order valence-corrected chi connectivity index (χ4v) is 6.07. The number of likely N-dealkylation sites (tertiary alicyclic amines) is 1. The van der Waals surface area contributed by atoms with Gasteiger partial charge < -0.3 is 14.6 Å². The summed E-state index contributed by atoms with van der Waals surface area (Å²) in [4.78, 5) is 43.5. The quantitative estimate of drug-likeness (QED) is 0.0695. The van der Waals surface area contributed by atoms with Gasteiger partial charge >= 0.3 is 24.0 Å². The zero-order valence-electron chi connectivity index (χ0n) is 28.9. The molecule has 1 amide bonds. The van der Waals surface area contributed by atoms with E-state index in [-0.39, 0.29) is 32.0 Å². The van der Waals surface area contributed by atoms with E-state index in [4.69, 9.17) is 9.47 Å². The molecule has 10 heteroatoms. The van der Waals surface area contributed by atoms with Crippen molar-refractivity contribution >= 4 is 24.0 Å². The highest BCUT2D eigenvalue weighted by Gasteiger charge is 2.42. The number of guanidine groups is 1. The van der Waals surface area contributed by atoms with Crippen molar-refractivity contribution in [1.29, 1.82) is 0 Å². The SMILES string of the molecule is CCCCCC[N+](CCCCC(=O)O[C@@H]1C[C@@H](C(=O)O)N(C(=O)OCc2ccccc2)C1)=C(N(CC)CC)N(C(C)C)C(C)C. The number of hydrogen-bond donors (Lipinski definition) is 1. The maximum absolute atomic E-state index is 12.8. The second kappa shape index (κ2) is 20.0. The molecule has 0 bridgehead atoms. The Bertz CT molecular complexity index is 1070. The Balaban J connectivity index is 2.02. The molecule has 1 fully saturated rings. The van der Waals surface area contributed by atoms with E-state index >= 15 is 0 Å². The van der Waals surface area contributed by atoms with Crippen molar-refractivity contribution in [2.75, 3.05) is 32.7 Å². The van der Waals surface area contributed by atoms with Crippen molar-refractivity contribution in [1.82, 2.24) is 14.7 Å². The van der Waals surface area contributed by atoms with Crippen LogP contribution in [0.5, 0.6) is 0 Å². The first kappa shape index (κ1) is 37.9. The van der Waals surface area contributed by atoms with E-state index in [2.05, 4.69) is 62.8 Å². The Hall–Kier alpha value is -3.30. The molecule has 1 N–H and O–H groups in total. The van der Waals surface area contributed by atoms with Gasteiger partial charge in [0.1, 0.15) is 18.8 Å². The number of aliphatic carboxylic acids is 1. The molecule has 1 heterocycles. The van der Waals surface area contributed by atoms with Crippen molar-refractivity contribution in [3.05, 3.63) is 35.9 Å². The summed E-state index contributed by atoms with van der Waals surface area (Å²) in [5.74, 6) is -0.229. The minimum Gasteiger partial charge on any atom is -0.480 e. The van der Waals surface area contributed by atoms with Crippen LogP contribution in [0.4, 0.5) is 4.79 Å². The number of carboxylic acid groups (broad SMARTS) is 1. The molecule has 1 saturated heterocycles. The molecule has 0 radical (unpaired) electrons. The predicted octanol–water partition coefficient (Wildman–Crippen LogP) is 5.97. The van der Waals surface area contributed by atoms with Crippen molar-refractivity contribution in [3.8, 4) is 0 Å². The van der Waals surface area contributed by atoms with Crippen LogP contribution in [0.1, 0.15) is 105 Å². The van der Waals surface area contributed by atoms with Gasteiger partial charge in [-0.05, 0) is 66.4 Å². The summed E-state index contributed by atoms with van der Waals surface area (Å²) in [6, 6.07) is 8.82. The highest BCUT2D eigenvalue weighted by Crippen LogP contribution is 2.23. The van der Waals surface area contributed by atoms with Gasteiger partial charge in [-0.25, -0.2) is 9.59 Å². The summed E-state index contributed by atoms with van der Waals surface area (Å²) in [7, 11) is 0. The molecule has 1 aromatic rings. The molecule has 45 heavy (non-hydrogen) atoms. The molecular weight excluding hydrogens is 572 g/mol. The molecule has 0 spiro atoms. The zero-order chi connectivity index (χ0) is 33.4. The molecule has 0 unspecified atom stereocenters. The number of nitrogens with zero attached hydrogens (tertiary/aromatic N) is 4. The smallest absolute Gasteiger partial charge is 0.410 e. The van der Waals surface area contributed by atoms with E-state index in [0.717, 1.165) is 49.5 Å². The molecule has 254 valence electrons. The zero-order valence-corrected chi connectivity index (χ0v) is 28.9. The van der Waals surface area contributed by atoms with Gasteiger partial charge in [0.25, 0.3) is 0 Å². The van der Waals surface area contributed by atoms with Gasteiger partial charge in [-0.1, -0.05) is 56.5 Å². The summed E-state index contributed by atoms with van der Waals surface area (Å²) in [5, 5.41) is 9.71. The minimum atomic E-state index is -1.14. The number of esters is 1. The summed E-state index contributed by atoms with van der Waals surface area (Å²) in [6.07, 6.45) is 5.14. The van der Waals surface area contributed by atoms with Crippen LogP contribution in [0.3, 0.4) is 0 Å². The predicted molar refractivity (Wildman–Crippen MR) is 177 cm³/mol. The Morgan fingerprint density at radius 3 is 2.11 bits per heavy atom. The highest BCUT2D eigenvalue weighted by molar-refractivity contribution is 5.81. The van der Waals surface area contributed by atoms with Crippen LogP contribution in [0.25, 0.3) is 0 Å². The molecule has 2 atom stereocenters. The number of ether oxygens (including phenoxy) is 2. The lowest BCUT2D eigenvalue weighted by molar-refractivity contribution is -0.539.